The fraction of sp³-hybridized carbons (Fsp3) is 0.318. The molecule has 6 nitrogen and oxygen atoms in total. The molecule has 0 bridgehead atoms. The number of benzene rings is 2. The summed E-state index contributed by atoms with van der Waals surface area (Å²) in [5.41, 5.74) is 2.29. The van der Waals surface area contributed by atoms with E-state index in [1.165, 1.54) is 11.8 Å². The summed E-state index contributed by atoms with van der Waals surface area (Å²) in [7, 11) is 1.58. The number of hydrogen-bond acceptors (Lipinski definition) is 5. The van der Waals surface area contributed by atoms with Gasteiger partial charge >= 0.3 is 0 Å². The molecule has 4 rings (SSSR count). The van der Waals surface area contributed by atoms with Crippen LogP contribution in [0.3, 0.4) is 0 Å². The Morgan fingerprint density at radius 3 is 2.76 bits per heavy atom. The summed E-state index contributed by atoms with van der Waals surface area (Å²) in [6.45, 7) is 3.78. The first kappa shape index (κ1) is 19.5. The lowest BCUT2D eigenvalue weighted by Crippen LogP contribution is -2.26. The maximum absolute atomic E-state index is 13.0. The molecule has 0 radical (unpaired) electrons. The van der Waals surface area contributed by atoms with Gasteiger partial charge in [-0.2, -0.15) is 0 Å². The summed E-state index contributed by atoms with van der Waals surface area (Å²) in [6, 6.07) is 13.2. The van der Waals surface area contributed by atoms with E-state index in [1.807, 2.05) is 50.2 Å². The summed E-state index contributed by atoms with van der Waals surface area (Å²) in [5.74, 6) is 0.448. The van der Waals surface area contributed by atoms with Crippen LogP contribution in [0.1, 0.15) is 31.4 Å². The molecule has 2 aromatic carbocycles. The molecule has 0 unspecified atom stereocenters. The fourth-order valence-electron chi connectivity index (χ4n) is 3.23. The van der Waals surface area contributed by atoms with Crippen LogP contribution in [0.2, 0.25) is 0 Å². The Hall–Kier alpha value is -2.80. The standard InChI is InChI=1S/C22H23N3O3S/c1-13-8-11-19(28-3)18(12-13)23-20(26)14(2)29-22-24-17-7-5-4-6-16(17)21(27)25(22)15-9-10-15/h4-8,11-12,14-15H,9-10H2,1-3H3,(H,23,26)/t14-/m0/s1. The minimum atomic E-state index is -0.432. The number of para-hydroxylation sites is 1. The van der Waals surface area contributed by atoms with Gasteiger partial charge in [0.2, 0.25) is 5.91 Å². The highest BCUT2D eigenvalue weighted by Crippen LogP contribution is 2.38. The summed E-state index contributed by atoms with van der Waals surface area (Å²) < 4.78 is 7.10. The van der Waals surface area contributed by atoms with Gasteiger partial charge in [0.25, 0.3) is 5.56 Å². The molecule has 1 aliphatic rings. The zero-order chi connectivity index (χ0) is 20.5. The molecule has 1 saturated carbocycles. The maximum atomic E-state index is 13.0. The molecular weight excluding hydrogens is 386 g/mol. The Balaban J connectivity index is 1.61. The number of aromatic nitrogens is 2. The SMILES string of the molecule is COc1ccc(C)cc1NC(=O)[C@H](C)Sc1nc2ccccc2c(=O)n1C1CC1. The van der Waals surface area contributed by atoms with Gasteiger partial charge in [0, 0.05) is 6.04 Å². The molecule has 1 N–H and O–H groups in total. The van der Waals surface area contributed by atoms with Crippen molar-refractivity contribution >= 4 is 34.3 Å². The van der Waals surface area contributed by atoms with Gasteiger partial charge in [-0.05, 0) is 56.5 Å². The lowest BCUT2D eigenvalue weighted by Gasteiger charge is -2.17. The van der Waals surface area contributed by atoms with E-state index < -0.39 is 5.25 Å². The average molecular weight is 410 g/mol. The van der Waals surface area contributed by atoms with E-state index in [9.17, 15) is 9.59 Å². The average Bonchev–Trinajstić information content (AvgIpc) is 3.53. The third-order valence-electron chi connectivity index (χ3n) is 4.95. The minimum Gasteiger partial charge on any atom is -0.495 e. The number of nitrogens with zero attached hydrogens (tertiary/aromatic N) is 2. The largest absolute Gasteiger partial charge is 0.495 e. The van der Waals surface area contributed by atoms with Crippen molar-refractivity contribution in [2.45, 2.75) is 43.1 Å². The number of hydrogen-bond donors (Lipinski definition) is 1. The third kappa shape index (κ3) is 4.00. The first-order valence-corrected chi connectivity index (χ1v) is 10.5. The van der Waals surface area contributed by atoms with E-state index in [0.29, 0.717) is 27.5 Å². The monoisotopic (exact) mass is 409 g/mol. The number of nitrogens with one attached hydrogen (secondary N) is 1. The molecule has 29 heavy (non-hydrogen) atoms. The van der Waals surface area contributed by atoms with Crippen LogP contribution >= 0.6 is 11.8 Å². The zero-order valence-corrected chi connectivity index (χ0v) is 17.5. The first-order valence-electron chi connectivity index (χ1n) is 9.61. The van der Waals surface area contributed by atoms with Gasteiger partial charge in [-0.3, -0.25) is 14.2 Å². The van der Waals surface area contributed by atoms with Crippen molar-refractivity contribution < 1.29 is 9.53 Å². The van der Waals surface area contributed by atoms with Crippen LogP contribution in [0.25, 0.3) is 10.9 Å². The van der Waals surface area contributed by atoms with E-state index in [1.54, 1.807) is 17.7 Å². The molecule has 150 valence electrons. The molecular formula is C22H23N3O3S. The normalized spacial score (nSPS) is 14.6. The predicted octanol–water partition coefficient (Wildman–Crippen LogP) is 4.17. The Kier molecular flexibility index (Phi) is 5.32. The van der Waals surface area contributed by atoms with Crippen molar-refractivity contribution in [3.05, 3.63) is 58.4 Å². The van der Waals surface area contributed by atoms with Crippen molar-refractivity contribution in [1.82, 2.24) is 9.55 Å². The topological polar surface area (TPSA) is 73.2 Å². The lowest BCUT2D eigenvalue weighted by molar-refractivity contribution is -0.115. The molecule has 1 fully saturated rings. The van der Waals surface area contributed by atoms with E-state index in [-0.39, 0.29) is 17.5 Å². The summed E-state index contributed by atoms with van der Waals surface area (Å²) >= 11 is 1.31. The lowest BCUT2D eigenvalue weighted by atomic mass is 10.2. The Bertz CT molecular complexity index is 1140. The second kappa shape index (κ2) is 7.91. The van der Waals surface area contributed by atoms with E-state index in [0.717, 1.165) is 18.4 Å². The number of fused-ring (bicyclic) bond motifs is 1. The number of carbonyl (C=O) groups excluding carboxylic acids is 1. The second-order valence-corrected chi connectivity index (χ2v) is 8.58. The number of aryl methyl sites for hydroxylation is 1. The van der Waals surface area contributed by atoms with Crippen molar-refractivity contribution in [1.29, 1.82) is 0 Å². The number of methoxy groups -OCH3 is 1. The van der Waals surface area contributed by atoms with Crippen LogP contribution < -0.4 is 15.6 Å². The number of thioether (sulfide) groups is 1. The first-order chi connectivity index (χ1) is 14.0. The van der Waals surface area contributed by atoms with Gasteiger partial charge in [0.05, 0.1) is 29.0 Å². The number of anilines is 1. The van der Waals surface area contributed by atoms with Crippen LogP contribution in [0, 0.1) is 6.92 Å². The molecule has 7 heteroatoms. The quantitative estimate of drug-likeness (QED) is 0.489. The molecule has 0 saturated heterocycles. The number of rotatable bonds is 6. The van der Waals surface area contributed by atoms with E-state index >= 15 is 0 Å². The third-order valence-corrected chi connectivity index (χ3v) is 6.02. The van der Waals surface area contributed by atoms with Gasteiger partial charge in [-0.1, -0.05) is 30.0 Å². The molecule has 3 aromatic rings. The second-order valence-electron chi connectivity index (χ2n) is 7.27. The smallest absolute Gasteiger partial charge is 0.262 e. The van der Waals surface area contributed by atoms with Gasteiger partial charge in [0.15, 0.2) is 5.16 Å². The Morgan fingerprint density at radius 1 is 1.28 bits per heavy atom. The maximum Gasteiger partial charge on any atom is 0.262 e. The zero-order valence-electron chi connectivity index (χ0n) is 16.6. The van der Waals surface area contributed by atoms with Crippen molar-refractivity contribution in [2.75, 3.05) is 12.4 Å². The molecule has 0 aliphatic heterocycles. The predicted molar refractivity (Wildman–Crippen MR) is 116 cm³/mol. The summed E-state index contributed by atoms with van der Waals surface area (Å²) in [5, 5.41) is 3.72. The minimum absolute atomic E-state index is 0.0337. The molecule has 0 spiro atoms. The van der Waals surface area contributed by atoms with Crippen LogP contribution in [-0.2, 0) is 4.79 Å². The molecule has 1 heterocycles. The highest BCUT2D eigenvalue weighted by atomic mass is 32.2. The molecule has 1 aromatic heterocycles. The summed E-state index contributed by atoms with van der Waals surface area (Å²) in [4.78, 5) is 30.5. The van der Waals surface area contributed by atoms with E-state index in [4.69, 9.17) is 9.72 Å². The Morgan fingerprint density at radius 2 is 2.03 bits per heavy atom. The molecule has 1 atom stereocenters. The highest BCUT2D eigenvalue weighted by molar-refractivity contribution is 8.00. The van der Waals surface area contributed by atoms with E-state index in [2.05, 4.69) is 5.32 Å². The summed E-state index contributed by atoms with van der Waals surface area (Å²) in [6.07, 6.45) is 1.93. The van der Waals surface area contributed by atoms with Crippen LogP contribution in [0.5, 0.6) is 5.75 Å². The van der Waals surface area contributed by atoms with Crippen LogP contribution in [-0.4, -0.2) is 27.8 Å². The van der Waals surface area contributed by atoms with Gasteiger partial charge in [0.1, 0.15) is 5.75 Å². The van der Waals surface area contributed by atoms with Crippen LogP contribution in [0.15, 0.2) is 52.4 Å². The van der Waals surface area contributed by atoms with Crippen molar-refractivity contribution in [3.8, 4) is 5.75 Å². The number of ether oxygens (including phenoxy) is 1. The molecule has 1 amide bonds. The number of amides is 1. The van der Waals surface area contributed by atoms with Crippen molar-refractivity contribution in [3.63, 3.8) is 0 Å². The Labute approximate surface area is 173 Å². The highest BCUT2D eigenvalue weighted by Gasteiger charge is 2.30. The van der Waals surface area contributed by atoms with Crippen molar-refractivity contribution in [2.24, 2.45) is 0 Å². The number of carbonyl (C=O) groups is 1. The van der Waals surface area contributed by atoms with Crippen LogP contribution in [0.4, 0.5) is 5.69 Å². The molecule has 1 aliphatic carbocycles. The van der Waals surface area contributed by atoms with Gasteiger partial charge in [-0.25, -0.2) is 4.98 Å². The fourth-order valence-corrected chi connectivity index (χ4v) is 4.21. The van der Waals surface area contributed by atoms with Gasteiger partial charge in [-0.15, -0.1) is 0 Å². The van der Waals surface area contributed by atoms with Gasteiger partial charge < -0.3 is 10.1 Å².